The molecule has 1 heterocycles. The second-order valence-electron chi connectivity index (χ2n) is 6.16. The van der Waals surface area contributed by atoms with Crippen LogP contribution in [0.25, 0.3) is 17.2 Å². The monoisotopic (exact) mass is 326 g/mol. The fraction of sp³-hybridized carbons (Fsp3) is 0.0909. The van der Waals surface area contributed by atoms with E-state index >= 15 is 0 Å². The van der Waals surface area contributed by atoms with Gasteiger partial charge in [-0.15, -0.1) is 0 Å². The van der Waals surface area contributed by atoms with E-state index in [0.717, 1.165) is 23.4 Å². The first-order valence-corrected chi connectivity index (χ1v) is 8.34. The third-order valence-electron chi connectivity index (χ3n) is 4.51. The molecule has 0 fully saturated rings. The van der Waals surface area contributed by atoms with E-state index in [4.69, 9.17) is 0 Å². The highest BCUT2D eigenvalue weighted by molar-refractivity contribution is 6.05. The molecule has 0 atom stereocenters. The fourth-order valence-electron chi connectivity index (χ4n) is 3.18. The number of fused-ring (bicyclic) bond motifs is 3. The highest BCUT2D eigenvalue weighted by atomic mass is 16.1. The number of hydrogen-bond donors (Lipinski definition) is 1. The Morgan fingerprint density at radius 2 is 1.92 bits per heavy atom. The number of carbonyl (C=O) groups excluding carboxylic acids is 1. The molecule has 3 heteroatoms. The van der Waals surface area contributed by atoms with Crippen molar-refractivity contribution in [1.29, 1.82) is 0 Å². The van der Waals surface area contributed by atoms with Crippen LogP contribution in [0.15, 0.2) is 66.9 Å². The number of aromatic nitrogens is 1. The Balaban J connectivity index is 1.68. The standard InChI is InChI=1S/C22H18N2O/c1-15-21(10-5-13-23-15)24-22(25)18-11-12-20-17(14-18)8-4-7-16-6-2-3-9-19(16)20/h2-7,9-14H,8H2,1H3,(H,24,25). The molecule has 1 amide bonds. The van der Waals surface area contributed by atoms with Gasteiger partial charge >= 0.3 is 0 Å². The van der Waals surface area contributed by atoms with Gasteiger partial charge < -0.3 is 5.32 Å². The number of nitrogens with one attached hydrogen (secondary N) is 1. The molecule has 0 radical (unpaired) electrons. The van der Waals surface area contributed by atoms with Crippen LogP contribution in [0, 0.1) is 6.92 Å². The maximum absolute atomic E-state index is 12.6. The Morgan fingerprint density at radius 1 is 1.04 bits per heavy atom. The van der Waals surface area contributed by atoms with Crippen molar-refractivity contribution in [2.24, 2.45) is 0 Å². The van der Waals surface area contributed by atoms with Gasteiger partial charge in [0.05, 0.1) is 11.4 Å². The van der Waals surface area contributed by atoms with E-state index in [1.165, 1.54) is 16.7 Å². The van der Waals surface area contributed by atoms with E-state index in [0.29, 0.717) is 5.56 Å². The topological polar surface area (TPSA) is 42.0 Å². The lowest BCUT2D eigenvalue weighted by Gasteiger charge is -2.12. The molecule has 1 aliphatic rings. The first-order valence-electron chi connectivity index (χ1n) is 8.34. The van der Waals surface area contributed by atoms with Crippen molar-refractivity contribution in [2.45, 2.75) is 13.3 Å². The van der Waals surface area contributed by atoms with Crippen LogP contribution in [0.4, 0.5) is 5.69 Å². The molecule has 1 aliphatic carbocycles. The summed E-state index contributed by atoms with van der Waals surface area (Å²) >= 11 is 0. The average molecular weight is 326 g/mol. The molecule has 3 nitrogen and oxygen atoms in total. The Morgan fingerprint density at radius 3 is 2.80 bits per heavy atom. The molecule has 3 aromatic rings. The van der Waals surface area contributed by atoms with E-state index < -0.39 is 0 Å². The fourth-order valence-corrected chi connectivity index (χ4v) is 3.18. The van der Waals surface area contributed by atoms with E-state index in [2.05, 4.69) is 34.6 Å². The highest BCUT2D eigenvalue weighted by Crippen LogP contribution is 2.32. The highest BCUT2D eigenvalue weighted by Gasteiger charge is 2.14. The molecule has 0 saturated heterocycles. The summed E-state index contributed by atoms with van der Waals surface area (Å²) in [5, 5.41) is 2.95. The summed E-state index contributed by atoms with van der Waals surface area (Å²) in [6.45, 7) is 1.88. The molecule has 1 N–H and O–H groups in total. The normalized spacial score (nSPS) is 12.0. The van der Waals surface area contributed by atoms with Gasteiger partial charge in [-0.2, -0.15) is 0 Å². The number of pyridine rings is 1. The third-order valence-corrected chi connectivity index (χ3v) is 4.51. The van der Waals surface area contributed by atoms with Crippen LogP contribution in [0.3, 0.4) is 0 Å². The summed E-state index contributed by atoms with van der Waals surface area (Å²) in [7, 11) is 0. The van der Waals surface area contributed by atoms with Gasteiger partial charge in [0.25, 0.3) is 5.91 Å². The Kier molecular flexibility index (Phi) is 3.90. The molecule has 4 rings (SSSR count). The van der Waals surface area contributed by atoms with Crippen molar-refractivity contribution in [1.82, 2.24) is 4.98 Å². The van der Waals surface area contributed by atoms with Gasteiger partial charge in [-0.25, -0.2) is 0 Å². The summed E-state index contributed by atoms with van der Waals surface area (Å²) in [5.41, 5.74) is 6.99. The van der Waals surface area contributed by atoms with E-state index in [-0.39, 0.29) is 5.91 Å². The number of amides is 1. The Hall–Kier alpha value is -3.20. The molecule has 0 saturated carbocycles. The van der Waals surface area contributed by atoms with Crippen LogP contribution < -0.4 is 5.32 Å². The third kappa shape index (κ3) is 2.96. The zero-order valence-electron chi connectivity index (χ0n) is 14.0. The summed E-state index contributed by atoms with van der Waals surface area (Å²) in [6.07, 6.45) is 6.83. The zero-order valence-corrected chi connectivity index (χ0v) is 14.0. The minimum atomic E-state index is -0.111. The van der Waals surface area contributed by atoms with Crippen LogP contribution in [0.2, 0.25) is 0 Å². The van der Waals surface area contributed by atoms with Gasteiger partial charge in [0, 0.05) is 11.8 Å². The number of nitrogens with zero attached hydrogens (tertiary/aromatic N) is 1. The lowest BCUT2D eigenvalue weighted by atomic mass is 9.94. The molecule has 0 bridgehead atoms. The second-order valence-corrected chi connectivity index (χ2v) is 6.16. The van der Waals surface area contributed by atoms with E-state index in [9.17, 15) is 4.79 Å². The van der Waals surface area contributed by atoms with Crippen molar-refractivity contribution in [2.75, 3.05) is 5.32 Å². The van der Waals surface area contributed by atoms with Crippen LogP contribution in [-0.2, 0) is 6.42 Å². The first-order chi connectivity index (χ1) is 12.2. The molecule has 25 heavy (non-hydrogen) atoms. The molecular weight excluding hydrogens is 308 g/mol. The van der Waals surface area contributed by atoms with Gasteiger partial charge in [0.15, 0.2) is 0 Å². The SMILES string of the molecule is Cc1ncccc1NC(=O)c1ccc2c(c1)CC=Cc1ccccc1-2. The van der Waals surface area contributed by atoms with Gasteiger partial charge in [-0.05, 0) is 59.9 Å². The maximum atomic E-state index is 12.6. The largest absolute Gasteiger partial charge is 0.320 e. The smallest absolute Gasteiger partial charge is 0.255 e. The van der Waals surface area contributed by atoms with E-state index in [1.54, 1.807) is 6.20 Å². The number of allylic oxidation sites excluding steroid dienone is 1. The van der Waals surface area contributed by atoms with Gasteiger partial charge in [-0.1, -0.05) is 42.5 Å². The summed E-state index contributed by atoms with van der Waals surface area (Å²) in [4.78, 5) is 16.8. The summed E-state index contributed by atoms with van der Waals surface area (Å²) in [6, 6.07) is 18.0. The number of anilines is 1. The lowest BCUT2D eigenvalue weighted by molar-refractivity contribution is 0.102. The van der Waals surface area contributed by atoms with Crippen molar-refractivity contribution in [3.63, 3.8) is 0 Å². The molecule has 0 unspecified atom stereocenters. The van der Waals surface area contributed by atoms with Gasteiger partial charge in [0.2, 0.25) is 0 Å². The molecule has 122 valence electrons. The maximum Gasteiger partial charge on any atom is 0.255 e. The molecule has 0 aliphatic heterocycles. The number of benzene rings is 2. The molecule has 2 aromatic carbocycles. The number of rotatable bonds is 2. The number of aryl methyl sites for hydroxylation is 1. The van der Waals surface area contributed by atoms with Crippen LogP contribution in [0.5, 0.6) is 0 Å². The van der Waals surface area contributed by atoms with Crippen LogP contribution in [-0.4, -0.2) is 10.9 Å². The first kappa shape index (κ1) is 15.3. The van der Waals surface area contributed by atoms with E-state index in [1.807, 2.05) is 49.4 Å². The number of hydrogen-bond acceptors (Lipinski definition) is 2. The van der Waals surface area contributed by atoms with Crippen molar-refractivity contribution < 1.29 is 4.79 Å². The summed E-state index contributed by atoms with van der Waals surface area (Å²) in [5.74, 6) is -0.111. The average Bonchev–Trinajstić information content (AvgIpc) is 2.82. The second kappa shape index (κ2) is 6.36. The van der Waals surface area contributed by atoms with Crippen molar-refractivity contribution in [3.05, 3.63) is 89.3 Å². The zero-order chi connectivity index (χ0) is 17.2. The van der Waals surface area contributed by atoms with Crippen molar-refractivity contribution >= 4 is 17.7 Å². The molecule has 0 spiro atoms. The van der Waals surface area contributed by atoms with Crippen LogP contribution in [0.1, 0.15) is 27.2 Å². The van der Waals surface area contributed by atoms with Gasteiger partial charge in [0.1, 0.15) is 0 Å². The van der Waals surface area contributed by atoms with Crippen molar-refractivity contribution in [3.8, 4) is 11.1 Å². The minimum Gasteiger partial charge on any atom is -0.320 e. The van der Waals surface area contributed by atoms with Gasteiger partial charge in [-0.3, -0.25) is 9.78 Å². The summed E-state index contributed by atoms with van der Waals surface area (Å²) < 4.78 is 0. The Labute approximate surface area is 147 Å². The predicted octanol–water partition coefficient (Wildman–Crippen LogP) is 4.88. The lowest BCUT2D eigenvalue weighted by Crippen LogP contribution is -2.13. The predicted molar refractivity (Wildman–Crippen MR) is 102 cm³/mol. The Bertz CT molecular complexity index is 989. The quantitative estimate of drug-likeness (QED) is 0.729. The molecule has 1 aromatic heterocycles. The number of carbonyl (C=O) groups is 1. The minimum absolute atomic E-state index is 0.111. The van der Waals surface area contributed by atoms with Crippen LogP contribution >= 0.6 is 0 Å². The molecular formula is C22H18N2O.